The summed E-state index contributed by atoms with van der Waals surface area (Å²) in [6, 6.07) is 7.13. The summed E-state index contributed by atoms with van der Waals surface area (Å²) < 4.78 is 5.49. The van der Waals surface area contributed by atoms with Crippen LogP contribution in [0.3, 0.4) is 0 Å². The zero-order chi connectivity index (χ0) is 20.2. The SMILES string of the molecule is CCCCCCCCCCCOC(=O)C1CCCN1C(=O)c1cccc(C)c1. The monoisotopic (exact) mass is 387 g/mol. The summed E-state index contributed by atoms with van der Waals surface area (Å²) in [6.07, 6.45) is 12.7. The summed E-state index contributed by atoms with van der Waals surface area (Å²) >= 11 is 0. The number of carbonyl (C=O) groups excluding carboxylic acids is 2. The van der Waals surface area contributed by atoms with E-state index in [4.69, 9.17) is 4.74 Å². The highest BCUT2D eigenvalue weighted by atomic mass is 16.5. The lowest BCUT2D eigenvalue weighted by molar-refractivity contribution is -0.148. The van der Waals surface area contributed by atoms with Gasteiger partial charge < -0.3 is 9.64 Å². The number of unbranched alkanes of at least 4 members (excludes halogenated alkanes) is 8. The van der Waals surface area contributed by atoms with Crippen LogP contribution >= 0.6 is 0 Å². The first-order chi connectivity index (χ1) is 13.6. The standard InChI is InChI=1S/C24H37NO3/c1-3-4-5-6-7-8-9-10-11-18-28-24(27)22-16-13-17-25(22)23(26)21-15-12-14-20(2)19-21/h12,14-15,19,22H,3-11,13,16-18H2,1-2H3. The van der Waals surface area contributed by atoms with Crippen LogP contribution in [0.4, 0.5) is 0 Å². The highest BCUT2D eigenvalue weighted by Crippen LogP contribution is 2.22. The van der Waals surface area contributed by atoms with Crippen LogP contribution in [0, 0.1) is 6.92 Å². The molecule has 0 spiro atoms. The maximum Gasteiger partial charge on any atom is 0.328 e. The van der Waals surface area contributed by atoms with Gasteiger partial charge in [-0.2, -0.15) is 0 Å². The van der Waals surface area contributed by atoms with Crippen LogP contribution in [0.1, 0.15) is 93.5 Å². The van der Waals surface area contributed by atoms with E-state index in [0.717, 1.165) is 24.8 Å². The second-order valence-electron chi connectivity index (χ2n) is 8.02. The molecule has 0 N–H and O–H groups in total. The maximum atomic E-state index is 12.8. The first kappa shape index (κ1) is 22.4. The number of nitrogens with zero attached hydrogens (tertiary/aromatic N) is 1. The number of esters is 1. The topological polar surface area (TPSA) is 46.6 Å². The van der Waals surface area contributed by atoms with Crippen LogP contribution in [0.15, 0.2) is 24.3 Å². The average Bonchev–Trinajstić information content (AvgIpc) is 3.18. The minimum atomic E-state index is -0.424. The molecule has 0 aromatic heterocycles. The van der Waals surface area contributed by atoms with Crippen LogP contribution in [-0.2, 0) is 9.53 Å². The van der Waals surface area contributed by atoms with Gasteiger partial charge in [0, 0.05) is 12.1 Å². The number of ether oxygens (including phenoxy) is 1. The molecule has 28 heavy (non-hydrogen) atoms. The molecule has 1 unspecified atom stereocenters. The van der Waals surface area contributed by atoms with Gasteiger partial charge in [-0.3, -0.25) is 4.79 Å². The zero-order valence-electron chi connectivity index (χ0n) is 17.8. The summed E-state index contributed by atoms with van der Waals surface area (Å²) in [6.45, 7) is 5.31. The molecule has 0 radical (unpaired) electrons. The summed E-state index contributed by atoms with van der Waals surface area (Å²) in [5.41, 5.74) is 1.70. The molecule has 1 aliphatic rings. The highest BCUT2D eigenvalue weighted by molar-refractivity contribution is 5.97. The number of hydrogen-bond donors (Lipinski definition) is 0. The lowest BCUT2D eigenvalue weighted by atomic mass is 10.1. The van der Waals surface area contributed by atoms with E-state index < -0.39 is 6.04 Å². The Kier molecular flexibility index (Phi) is 10.1. The van der Waals surface area contributed by atoms with Gasteiger partial charge in [-0.15, -0.1) is 0 Å². The summed E-state index contributed by atoms with van der Waals surface area (Å²) in [4.78, 5) is 26.9. The van der Waals surface area contributed by atoms with Crippen molar-refractivity contribution < 1.29 is 14.3 Å². The smallest absolute Gasteiger partial charge is 0.328 e. The molecular formula is C24H37NO3. The van der Waals surface area contributed by atoms with Crippen LogP contribution < -0.4 is 0 Å². The van der Waals surface area contributed by atoms with E-state index in [1.165, 1.54) is 44.9 Å². The zero-order valence-corrected chi connectivity index (χ0v) is 17.8. The van der Waals surface area contributed by atoms with Crippen molar-refractivity contribution in [3.05, 3.63) is 35.4 Å². The fourth-order valence-electron chi connectivity index (χ4n) is 3.88. The predicted molar refractivity (Wildman–Crippen MR) is 113 cm³/mol. The van der Waals surface area contributed by atoms with E-state index in [1.54, 1.807) is 4.90 Å². The van der Waals surface area contributed by atoms with Crippen molar-refractivity contribution in [1.29, 1.82) is 0 Å². The molecule has 1 fully saturated rings. The van der Waals surface area contributed by atoms with Crippen molar-refractivity contribution in [1.82, 2.24) is 4.90 Å². The molecule has 1 amide bonds. The molecule has 1 aliphatic heterocycles. The Balaban J connectivity index is 1.65. The van der Waals surface area contributed by atoms with E-state index in [-0.39, 0.29) is 11.9 Å². The number of aryl methyl sites for hydroxylation is 1. The van der Waals surface area contributed by atoms with Crippen LogP contribution in [0.2, 0.25) is 0 Å². The minimum absolute atomic E-state index is 0.0637. The van der Waals surface area contributed by atoms with Crippen LogP contribution in [0.5, 0.6) is 0 Å². The third kappa shape index (κ3) is 7.29. The molecule has 0 saturated carbocycles. The second kappa shape index (κ2) is 12.6. The van der Waals surface area contributed by atoms with Gasteiger partial charge >= 0.3 is 5.97 Å². The first-order valence-corrected chi connectivity index (χ1v) is 11.2. The van der Waals surface area contributed by atoms with Gasteiger partial charge in [0.25, 0.3) is 5.91 Å². The summed E-state index contributed by atoms with van der Waals surface area (Å²) in [5, 5.41) is 0. The molecule has 0 bridgehead atoms. The summed E-state index contributed by atoms with van der Waals surface area (Å²) in [7, 11) is 0. The number of carbonyl (C=O) groups is 2. The summed E-state index contributed by atoms with van der Waals surface area (Å²) in [5.74, 6) is -0.302. The Morgan fingerprint density at radius 3 is 2.39 bits per heavy atom. The number of rotatable bonds is 12. The number of hydrogen-bond acceptors (Lipinski definition) is 3. The number of benzene rings is 1. The largest absolute Gasteiger partial charge is 0.464 e. The molecule has 1 heterocycles. The second-order valence-corrected chi connectivity index (χ2v) is 8.02. The van der Waals surface area contributed by atoms with Gasteiger partial charge in [-0.1, -0.05) is 76.0 Å². The van der Waals surface area contributed by atoms with Gasteiger partial charge in [0.05, 0.1) is 6.61 Å². The lowest BCUT2D eigenvalue weighted by Gasteiger charge is -2.23. The quantitative estimate of drug-likeness (QED) is 0.343. The molecule has 4 heteroatoms. The Labute approximate surface area is 170 Å². The lowest BCUT2D eigenvalue weighted by Crippen LogP contribution is -2.41. The maximum absolute atomic E-state index is 12.8. The van der Waals surface area contributed by atoms with Gasteiger partial charge in [0.15, 0.2) is 0 Å². The predicted octanol–water partition coefficient (Wildman–Crippen LogP) is 5.67. The number of amides is 1. The minimum Gasteiger partial charge on any atom is -0.464 e. The molecular weight excluding hydrogens is 350 g/mol. The average molecular weight is 388 g/mol. The van der Waals surface area contributed by atoms with Crippen molar-refractivity contribution in [3.63, 3.8) is 0 Å². The van der Waals surface area contributed by atoms with E-state index >= 15 is 0 Å². The molecule has 2 rings (SSSR count). The molecule has 1 aromatic carbocycles. The van der Waals surface area contributed by atoms with Gasteiger partial charge in [-0.05, 0) is 38.3 Å². The molecule has 1 aromatic rings. The fourth-order valence-corrected chi connectivity index (χ4v) is 3.88. The van der Waals surface area contributed by atoms with Crippen LogP contribution in [-0.4, -0.2) is 36.0 Å². The normalized spacial score (nSPS) is 16.4. The molecule has 156 valence electrons. The van der Waals surface area contributed by atoms with Crippen molar-refractivity contribution >= 4 is 11.9 Å². The van der Waals surface area contributed by atoms with Crippen molar-refractivity contribution in [2.24, 2.45) is 0 Å². The van der Waals surface area contributed by atoms with E-state index in [1.807, 2.05) is 31.2 Å². The van der Waals surface area contributed by atoms with Crippen molar-refractivity contribution in [2.75, 3.05) is 13.2 Å². The van der Waals surface area contributed by atoms with E-state index in [2.05, 4.69) is 6.92 Å². The molecule has 4 nitrogen and oxygen atoms in total. The van der Waals surface area contributed by atoms with E-state index in [9.17, 15) is 9.59 Å². The fraction of sp³-hybridized carbons (Fsp3) is 0.667. The highest BCUT2D eigenvalue weighted by Gasteiger charge is 2.35. The van der Waals surface area contributed by atoms with Crippen molar-refractivity contribution in [3.8, 4) is 0 Å². The molecule has 0 aliphatic carbocycles. The van der Waals surface area contributed by atoms with Gasteiger partial charge in [0.1, 0.15) is 6.04 Å². The Hall–Kier alpha value is -1.84. The Morgan fingerprint density at radius 1 is 1.04 bits per heavy atom. The van der Waals surface area contributed by atoms with Gasteiger partial charge in [0.2, 0.25) is 0 Å². The third-order valence-corrected chi connectivity index (χ3v) is 5.54. The van der Waals surface area contributed by atoms with E-state index in [0.29, 0.717) is 25.1 Å². The van der Waals surface area contributed by atoms with Gasteiger partial charge in [-0.25, -0.2) is 4.79 Å². The number of likely N-dealkylation sites (tertiary alicyclic amines) is 1. The molecule has 1 saturated heterocycles. The Bertz CT molecular complexity index is 614. The molecule has 1 atom stereocenters. The first-order valence-electron chi connectivity index (χ1n) is 11.2. The van der Waals surface area contributed by atoms with Crippen molar-refractivity contribution in [2.45, 2.75) is 90.5 Å². The third-order valence-electron chi connectivity index (χ3n) is 5.54. The van der Waals surface area contributed by atoms with Crippen LogP contribution in [0.25, 0.3) is 0 Å². The Morgan fingerprint density at radius 2 is 1.71 bits per heavy atom.